The van der Waals surface area contributed by atoms with Gasteiger partial charge in [-0.25, -0.2) is 0 Å². The molecule has 0 radical (unpaired) electrons. The Bertz CT molecular complexity index is 1940. The summed E-state index contributed by atoms with van der Waals surface area (Å²) >= 11 is 0. The number of nitrogens with two attached hydrogens (primary N) is 4. The monoisotopic (exact) mass is 775 g/mol. The molecule has 0 aromatic heterocycles. The first-order valence-electron chi connectivity index (χ1n) is 17.8. The number of amides is 5. The first-order valence-corrected chi connectivity index (χ1v) is 17.8. The quantitative estimate of drug-likeness (QED) is 0.0334. The van der Waals surface area contributed by atoms with Gasteiger partial charge < -0.3 is 54.2 Å². The van der Waals surface area contributed by atoms with Crippen molar-refractivity contribution >= 4 is 59.0 Å². The average Bonchev–Trinajstić information content (AvgIpc) is 3.67. The summed E-state index contributed by atoms with van der Waals surface area (Å²) in [6.45, 7) is -0.766. The predicted molar refractivity (Wildman–Crippen MR) is 202 cm³/mol. The number of carbonyl (C=O) groups excluding carboxylic acids is 7. The number of likely N-dealkylation sites (tertiary alicyclic amines) is 1. The highest BCUT2D eigenvalue weighted by molar-refractivity contribution is 6.53. The fourth-order valence-corrected chi connectivity index (χ4v) is 6.33. The molecule has 298 valence electrons. The van der Waals surface area contributed by atoms with Gasteiger partial charge in [-0.3, -0.25) is 48.3 Å². The number of nitrogens with one attached hydrogen (secondary N) is 4. The van der Waals surface area contributed by atoms with Gasteiger partial charge in [0.15, 0.2) is 11.9 Å². The summed E-state index contributed by atoms with van der Waals surface area (Å²) in [6, 6.07) is 7.61. The number of carboxylic acids is 1. The topological polar surface area (TPSA) is 337 Å². The molecule has 5 amide bonds. The van der Waals surface area contributed by atoms with Gasteiger partial charge in [-0.1, -0.05) is 30.3 Å². The largest absolute Gasteiger partial charge is 0.480 e. The zero-order chi connectivity index (χ0) is 40.9. The highest BCUT2D eigenvalue weighted by Gasteiger charge is 2.36. The Hall–Kier alpha value is -6.86. The van der Waals surface area contributed by atoms with Crippen LogP contribution in [0.25, 0.3) is 11.1 Å². The summed E-state index contributed by atoms with van der Waals surface area (Å²) in [7, 11) is 0. The minimum absolute atomic E-state index is 0.0134. The average molecular weight is 776 g/mol. The molecule has 0 unspecified atom stereocenters. The minimum atomic E-state index is -1.28. The van der Waals surface area contributed by atoms with Crippen molar-refractivity contribution < 1.29 is 43.5 Å². The van der Waals surface area contributed by atoms with Crippen LogP contribution in [0.4, 0.5) is 0 Å². The molecule has 4 rings (SSSR count). The molecule has 0 saturated carbocycles. The fraction of sp³-hybridized carbons (Fsp3) is 0.389. The van der Waals surface area contributed by atoms with Crippen LogP contribution in [-0.2, 0) is 24.0 Å². The molecule has 1 aliphatic heterocycles. The van der Waals surface area contributed by atoms with Crippen LogP contribution in [0.2, 0.25) is 0 Å². The van der Waals surface area contributed by atoms with E-state index in [1.807, 2.05) is 0 Å². The van der Waals surface area contributed by atoms with E-state index >= 15 is 0 Å². The number of hydrogen-bond donors (Lipinski definition) is 9. The molecule has 1 heterocycles. The number of aliphatic imine (C=N–C) groups is 2. The van der Waals surface area contributed by atoms with Gasteiger partial charge in [-0.15, -0.1) is 0 Å². The maximum Gasteiger partial charge on any atom is 0.322 e. The number of nitrogens with zero attached hydrogens (tertiary/aromatic N) is 3. The molecule has 20 heteroatoms. The first kappa shape index (κ1) is 41.9. The second kappa shape index (κ2) is 19.5. The van der Waals surface area contributed by atoms with Crippen molar-refractivity contribution in [2.45, 2.75) is 56.7 Å². The molecule has 0 spiro atoms. The summed E-state index contributed by atoms with van der Waals surface area (Å²) in [4.78, 5) is 112. The van der Waals surface area contributed by atoms with E-state index in [4.69, 9.17) is 28.0 Å². The fourth-order valence-electron chi connectivity index (χ4n) is 6.33. The van der Waals surface area contributed by atoms with Crippen molar-refractivity contribution in [2.75, 3.05) is 32.7 Å². The maximum atomic E-state index is 13.5. The second-order valence-corrected chi connectivity index (χ2v) is 13.0. The van der Waals surface area contributed by atoms with Crippen molar-refractivity contribution in [1.82, 2.24) is 26.2 Å². The summed E-state index contributed by atoms with van der Waals surface area (Å²) in [6.07, 6.45) is 1.33. The Morgan fingerprint density at radius 1 is 0.750 bits per heavy atom. The van der Waals surface area contributed by atoms with Crippen LogP contribution in [0.15, 0.2) is 52.4 Å². The van der Waals surface area contributed by atoms with Crippen LogP contribution in [0.1, 0.15) is 69.6 Å². The van der Waals surface area contributed by atoms with Gasteiger partial charge in [-0.05, 0) is 61.8 Å². The van der Waals surface area contributed by atoms with Gasteiger partial charge in [0.05, 0.1) is 6.54 Å². The zero-order valence-electron chi connectivity index (χ0n) is 30.4. The van der Waals surface area contributed by atoms with E-state index in [9.17, 15) is 38.4 Å². The smallest absolute Gasteiger partial charge is 0.322 e. The number of aliphatic carboxylic acids is 1. The molecule has 13 N–H and O–H groups in total. The molecule has 2 aromatic carbocycles. The molecule has 1 aliphatic carbocycles. The van der Waals surface area contributed by atoms with Crippen molar-refractivity contribution in [2.24, 2.45) is 32.9 Å². The van der Waals surface area contributed by atoms with Gasteiger partial charge in [0.1, 0.15) is 24.7 Å². The van der Waals surface area contributed by atoms with Crippen LogP contribution in [0.5, 0.6) is 0 Å². The Morgan fingerprint density at radius 3 is 1.91 bits per heavy atom. The molecule has 0 bridgehead atoms. The molecule has 2 aromatic rings. The summed E-state index contributed by atoms with van der Waals surface area (Å²) < 4.78 is 0. The molecule has 56 heavy (non-hydrogen) atoms. The number of rotatable bonds is 18. The van der Waals surface area contributed by atoms with E-state index in [0.717, 1.165) is 0 Å². The number of guanidine groups is 2. The Labute approximate surface area is 320 Å². The van der Waals surface area contributed by atoms with Crippen LogP contribution in [0.3, 0.4) is 0 Å². The number of benzene rings is 2. The van der Waals surface area contributed by atoms with Crippen molar-refractivity contribution in [1.29, 1.82) is 0 Å². The number of fused-ring (bicyclic) bond motifs is 3. The van der Waals surface area contributed by atoms with Crippen LogP contribution in [0, 0.1) is 0 Å². The van der Waals surface area contributed by atoms with Gasteiger partial charge in [0, 0.05) is 36.3 Å². The third kappa shape index (κ3) is 11.1. The summed E-state index contributed by atoms with van der Waals surface area (Å²) in [5.41, 5.74) is 22.9. The van der Waals surface area contributed by atoms with E-state index in [1.54, 1.807) is 30.3 Å². The molecule has 3 atom stereocenters. The highest BCUT2D eigenvalue weighted by Crippen LogP contribution is 2.34. The highest BCUT2D eigenvalue weighted by atomic mass is 16.4. The maximum absolute atomic E-state index is 13.5. The molecule has 1 fully saturated rings. The minimum Gasteiger partial charge on any atom is -0.480 e. The number of hydrogen-bond acceptors (Lipinski definition) is 10. The molecular weight excluding hydrogens is 730 g/mol. The SMILES string of the molecule is NC(N)=NCCC[C@H](NC(=O)c1ccc2c(c1)C(=O)C(=O)c1ccccc1-2)C(=O)NCC(=O)N1CCC[C@H]1C(=O)N[C@@H](CCCN=C(N)N)C(=O)NCC(=O)O. The van der Waals surface area contributed by atoms with Crippen molar-refractivity contribution in [3.63, 3.8) is 0 Å². The number of carbonyl (C=O) groups is 8. The van der Waals surface area contributed by atoms with Crippen molar-refractivity contribution in [3.05, 3.63) is 59.2 Å². The molecule has 20 nitrogen and oxygen atoms in total. The lowest BCUT2D eigenvalue weighted by Crippen LogP contribution is -2.55. The first-order chi connectivity index (χ1) is 26.7. The standard InChI is InChI=1S/C36H45N11O9/c37-35(38)41-13-3-8-24(45-31(53)19-11-12-21-20-6-1-2-7-22(20)29(51)30(52)23(21)16-19)32(54)43-17-27(48)47-15-5-10-26(47)34(56)46-25(9-4-14-42-36(39)40)33(55)44-18-28(49)50/h1-2,6-7,11-12,16,24-26H,3-5,8-10,13-15,17-18H2,(H,43,54)(H,44,55)(H,45,53)(H,46,56)(H,49,50)(H4,37,38,41)(H4,39,40,42)/t24-,25-,26-/m0/s1. The van der Waals surface area contributed by atoms with Gasteiger partial charge in [-0.2, -0.15) is 0 Å². The normalized spacial score (nSPS) is 15.3. The lowest BCUT2D eigenvalue weighted by atomic mass is 9.83. The van der Waals surface area contributed by atoms with Crippen LogP contribution < -0.4 is 44.2 Å². The van der Waals surface area contributed by atoms with Gasteiger partial charge in [0.25, 0.3) is 5.91 Å². The lowest BCUT2D eigenvalue weighted by molar-refractivity contribution is -0.140. The third-order valence-electron chi connectivity index (χ3n) is 9.04. The van der Waals surface area contributed by atoms with Gasteiger partial charge >= 0.3 is 5.97 Å². The second-order valence-electron chi connectivity index (χ2n) is 13.0. The number of ketones is 2. The Kier molecular flexibility index (Phi) is 14.6. The third-order valence-corrected chi connectivity index (χ3v) is 9.04. The van der Waals surface area contributed by atoms with E-state index < -0.39 is 78.3 Å². The molecule has 2 aliphatic rings. The lowest BCUT2D eigenvalue weighted by Gasteiger charge is -2.27. The molecular formula is C36H45N11O9. The molecule has 1 saturated heterocycles. The summed E-state index contributed by atoms with van der Waals surface area (Å²) in [5, 5.41) is 18.9. The van der Waals surface area contributed by atoms with E-state index in [1.165, 1.54) is 17.0 Å². The van der Waals surface area contributed by atoms with E-state index in [-0.39, 0.29) is 80.3 Å². The number of Topliss-reactive ketones (excluding diaryl/α,β-unsaturated/α-hetero) is 2. The Morgan fingerprint density at radius 2 is 1.30 bits per heavy atom. The Balaban J connectivity index is 1.42. The zero-order valence-corrected chi connectivity index (χ0v) is 30.4. The summed E-state index contributed by atoms with van der Waals surface area (Å²) in [5.74, 6) is -6.56. The van der Waals surface area contributed by atoms with E-state index in [2.05, 4.69) is 31.3 Å². The van der Waals surface area contributed by atoms with E-state index in [0.29, 0.717) is 17.5 Å². The van der Waals surface area contributed by atoms with Crippen LogP contribution in [-0.4, -0.2) is 120 Å². The van der Waals surface area contributed by atoms with Crippen molar-refractivity contribution in [3.8, 4) is 11.1 Å². The van der Waals surface area contributed by atoms with Crippen LogP contribution >= 0.6 is 0 Å². The van der Waals surface area contributed by atoms with Gasteiger partial charge in [0.2, 0.25) is 35.2 Å². The number of carboxylic acid groups (broad SMARTS) is 1. The predicted octanol–water partition coefficient (Wildman–Crippen LogP) is -2.27.